The van der Waals surface area contributed by atoms with Crippen LogP contribution in [0.1, 0.15) is 238 Å². The van der Waals surface area contributed by atoms with Crippen molar-refractivity contribution in [3.8, 4) is 0 Å². The van der Waals surface area contributed by atoms with E-state index in [0.717, 1.165) is 19.0 Å². The molecule has 0 aliphatic rings. The second kappa shape index (κ2) is 35.0. The first-order chi connectivity index (χ1) is 23.2. The molecule has 2 heteroatoms. The molecular weight excluding hydrogens is 569 g/mol. The van der Waals surface area contributed by atoms with Crippen molar-refractivity contribution in [2.45, 2.75) is 239 Å². The highest BCUT2D eigenvalue weighted by atomic mass is 15.1. The van der Waals surface area contributed by atoms with Crippen LogP contribution >= 0.6 is 0 Å². The number of nitrogens with zero attached hydrogens (tertiary/aromatic N) is 2. The van der Waals surface area contributed by atoms with Crippen LogP contribution in [0.5, 0.6) is 0 Å². The summed E-state index contributed by atoms with van der Waals surface area (Å²) in [5.74, 6) is 0.762. The predicted molar refractivity (Wildman–Crippen MR) is 212 cm³/mol. The zero-order chi connectivity index (χ0) is 33.9. The fraction of sp³-hybridized carbons (Fsp3) is 0.889. The highest BCUT2D eigenvalue weighted by Crippen LogP contribution is 2.28. The molecule has 47 heavy (non-hydrogen) atoms. The Morgan fingerprint density at radius 2 is 0.787 bits per heavy atom. The van der Waals surface area contributed by atoms with Crippen LogP contribution in [0.4, 0.5) is 0 Å². The molecule has 276 valence electrons. The summed E-state index contributed by atoms with van der Waals surface area (Å²) < 4.78 is 2.42. The van der Waals surface area contributed by atoms with Gasteiger partial charge < -0.3 is 4.90 Å². The maximum atomic E-state index is 2.47. The van der Waals surface area contributed by atoms with E-state index in [1.54, 1.807) is 5.56 Å². The highest BCUT2D eigenvalue weighted by Gasteiger charge is 2.13. The molecule has 0 aliphatic carbocycles. The van der Waals surface area contributed by atoms with Gasteiger partial charge in [0, 0.05) is 18.6 Å². The first-order valence-electron chi connectivity index (χ1n) is 21.9. The van der Waals surface area contributed by atoms with Gasteiger partial charge in [-0.05, 0) is 50.9 Å². The van der Waals surface area contributed by atoms with Gasteiger partial charge in [-0.25, -0.2) is 4.57 Å². The van der Waals surface area contributed by atoms with Gasteiger partial charge >= 0.3 is 0 Å². The Bertz CT molecular complexity index is 696. The Hall–Kier alpha value is -0.890. The summed E-state index contributed by atoms with van der Waals surface area (Å²) in [5.41, 5.74) is 1.61. The number of hydrogen-bond donors (Lipinski definition) is 0. The molecule has 0 unspecified atom stereocenters. The summed E-state index contributed by atoms with van der Waals surface area (Å²) in [6.45, 7) is 10.4. The van der Waals surface area contributed by atoms with Gasteiger partial charge in [0.15, 0.2) is 12.4 Å². The van der Waals surface area contributed by atoms with Crippen LogP contribution in [0.15, 0.2) is 24.5 Å². The highest BCUT2D eigenvalue weighted by molar-refractivity contribution is 5.13. The molecule has 1 aromatic heterocycles. The first-order valence-corrected chi connectivity index (χ1v) is 21.9. The zero-order valence-corrected chi connectivity index (χ0v) is 33.0. The van der Waals surface area contributed by atoms with Crippen LogP contribution < -0.4 is 4.57 Å². The lowest BCUT2D eigenvalue weighted by molar-refractivity contribution is -0.697. The standard InChI is InChI=1S/C45H87N2/c1-5-8-10-12-14-16-18-20-22-24-26-28-30-32-36-44(45-38-42-47(43-39-45)41-35-34-40-46(4)7-3)37-33-31-29-27-25-23-21-19-17-15-13-11-9-6-2/h38-39,42-44H,5-37,40-41H2,1-4H3/q+1. The van der Waals surface area contributed by atoms with E-state index in [1.165, 1.54) is 212 Å². The topological polar surface area (TPSA) is 7.12 Å². The Balaban J connectivity index is 2.28. The van der Waals surface area contributed by atoms with Crippen molar-refractivity contribution in [3.05, 3.63) is 30.1 Å². The third-order valence-electron chi connectivity index (χ3n) is 10.9. The molecule has 0 fully saturated rings. The Morgan fingerprint density at radius 3 is 1.13 bits per heavy atom. The monoisotopic (exact) mass is 656 g/mol. The van der Waals surface area contributed by atoms with Gasteiger partial charge in [-0.2, -0.15) is 0 Å². The van der Waals surface area contributed by atoms with Crippen LogP contribution in [-0.4, -0.2) is 25.0 Å². The smallest absolute Gasteiger partial charge is 0.169 e. The van der Waals surface area contributed by atoms with E-state index in [0.29, 0.717) is 0 Å². The number of hydrogen-bond acceptors (Lipinski definition) is 1. The quantitative estimate of drug-likeness (QED) is 0.0511. The van der Waals surface area contributed by atoms with Crippen LogP contribution in [-0.2, 0) is 6.54 Å². The Labute approximate surface area is 297 Å². The van der Waals surface area contributed by atoms with Crippen molar-refractivity contribution in [1.82, 2.24) is 4.90 Å². The summed E-state index contributed by atoms with van der Waals surface area (Å²) in [5, 5.41) is 0. The maximum Gasteiger partial charge on any atom is 0.169 e. The number of unbranched alkanes of at least 4 members (excludes halogenated alkanes) is 27. The molecule has 0 aromatic carbocycles. The fourth-order valence-electron chi connectivity index (χ4n) is 7.37. The second-order valence-electron chi connectivity index (χ2n) is 15.4. The number of aryl methyl sites for hydroxylation is 1. The minimum atomic E-state index is 0.762. The van der Waals surface area contributed by atoms with Crippen molar-refractivity contribution in [1.29, 1.82) is 0 Å². The van der Waals surface area contributed by atoms with E-state index in [9.17, 15) is 0 Å². The van der Waals surface area contributed by atoms with Gasteiger partial charge in [0.1, 0.15) is 6.54 Å². The minimum Gasteiger partial charge on any atom is -0.307 e. The van der Waals surface area contributed by atoms with Crippen molar-refractivity contribution in [3.63, 3.8) is 0 Å². The average molecular weight is 656 g/mol. The molecule has 1 heterocycles. The fourth-order valence-corrected chi connectivity index (χ4v) is 7.37. The lowest BCUT2D eigenvalue weighted by Crippen LogP contribution is -2.33. The molecule has 0 bridgehead atoms. The summed E-state index contributed by atoms with van der Waals surface area (Å²) in [7, 11) is 2.23. The predicted octanol–water partition coefficient (Wildman–Crippen LogP) is 14.5. The first kappa shape index (κ1) is 44.1. The molecule has 0 amide bonds. The third-order valence-corrected chi connectivity index (χ3v) is 10.9. The maximum absolute atomic E-state index is 2.47. The van der Waals surface area contributed by atoms with E-state index in [-0.39, 0.29) is 0 Å². The second-order valence-corrected chi connectivity index (χ2v) is 15.4. The van der Waals surface area contributed by atoms with Crippen LogP contribution in [0.2, 0.25) is 0 Å². The molecule has 0 saturated carbocycles. The SMILES string of the molecule is CCCCCCCCCCCCCCCCC(CCCCCCCCCCCCCCCC)c1cc[n+](CCCCN(C)CC)cc1. The van der Waals surface area contributed by atoms with Gasteiger partial charge in [0.2, 0.25) is 0 Å². The van der Waals surface area contributed by atoms with Crippen molar-refractivity contribution in [2.75, 3.05) is 20.1 Å². The molecule has 2 nitrogen and oxygen atoms in total. The summed E-state index contributed by atoms with van der Waals surface area (Å²) in [6, 6.07) is 4.94. The van der Waals surface area contributed by atoms with E-state index in [4.69, 9.17) is 0 Å². The molecule has 1 rings (SSSR count). The molecule has 0 spiro atoms. The van der Waals surface area contributed by atoms with Crippen LogP contribution in [0, 0.1) is 0 Å². The van der Waals surface area contributed by atoms with Gasteiger partial charge in [0.05, 0.1) is 0 Å². The van der Waals surface area contributed by atoms with Crippen LogP contribution in [0.25, 0.3) is 0 Å². The van der Waals surface area contributed by atoms with E-state index in [2.05, 4.69) is 61.8 Å². The molecule has 0 aliphatic heterocycles. The summed E-state index contributed by atoms with van der Waals surface area (Å²) in [4.78, 5) is 2.42. The molecular formula is C45H87N2+. The van der Waals surface area contributed by atoms with Gasteiger partial charge in [0.25, 0.3) is 0 Å². The molecule has 0 atom stereocenters. The number of pyridine rings is 1. The lowest BCUT2D eigenvalue weighted by atomic mass is 9.88. The summed E-state index contributed by atoms with van der Waals surface area (Å²) >= 11 is 0. The minimum absolute atomic E-state index is 0.762. The molecule has 0 radical (unpaired) electrons. The Morgan fingerprint density at radius 1 is 0.447 bits per heavy atom. The zero-order valence-electron chi connectivity index (χ0n) is 33.0. The van der Waals surface area contributed by atoms with Gasteiger partial charge in [-0.1, -0.05) is 201 Å². The average Bonchev–Trinajstić information content (AvgIpc) is 3.09. The van der Waals surface area contributed by atoms with Crippen molar-refractivity contribution >= 4 is 0 Å². The van der Waals surface area contributed by atoms with E-state index >= 15 is 0 Å². The van der Waals surface area contributed by atoms with Crippen molar-refractivity contribution in [2.24, 2.45) is 0 Å². The normalized spacial score (nSPS) is 11.8. The largest absolute Gasteiger partial charge is 0.307 e. The Kier molecular flexibility index (Phi) is 32.8. The van der Waals surface area contributed by atoms with E-state index < -0.39 is 0 Å². The van der Waals surface area contributed by atoms with Crippen LogP contribution in [0.3, 0.4) is 0 Å². The lowest BCUT2D eigenvalue weighted by Gasteiger charge is -2.17. The van der Waals surface area contributed by atoms with Gasteiger partial charge in [-0.15, -0.1) is 0 Å². The van der Waals surface area contributed by atoms with Gasteiger partial charge in [-0.3, -0.25) is 0 Å². The number of rotatable bonds is 37. The van der Waals surface area contributed by atoms with E-state index in [1.807, 2.05) is 0 Å². The molecule has 1 aromatic rings. The molecule has 0 saturated heterocycles. The number of aromatic nitrogens is 1. The third kappa shape index (κ3) is 28.6. The molecule has 0 N–H and O–H groups in total. The summed E-state index contributed by atoms with van der Waals surface area (Å²) in [6.07, 6.45) is 50.7. The van der Waals surface area contributed by atoms with Crippen molar-refractivity contribution < 1.29 is 4.57 Å².